The third-order valence-corrected chi connectivity index (χ3v) is 2.79. The lowest BCUT2D eigenvalue weighted by Gasteiger charge is -2.17. The largest absolute Gasteiger partial charge is 0.493 e. The van der Waals surface area contributed by atoms with Gasteiger partial charge in [0.05, 0.1) is 0 Å². The molecule has 0 fully saturated rings. The Morgan fingerprint density at radius 3 is 2.81 bits per heavy atom. The van der Waals surface area contributed by atoms with Crippen LogP contribution in [0, 0.1) is 6.92 Å². The van der Waals surface area contributed by atoms with Gasteiger partial charge < -0.3 is 19.5 Å². The lowest BCUT2D eigenvalue weighted by molar-refractivity contribution is -0.153. The summed E-state index contributed by atoms with van der Waals surface area (Å²) in [5.41, 5.74) is 1.68. The summed E-state index contributed by atoms with van der Waals surface area (Å²) in [6, 6.07) is 7.35. The molecule has 2 rings (SSSR count). The molecule has 1 aliphatic rings. The molecule has 1 aromatic rings. The highest BCUT2D eigenvalue weighted by Crippen LogP contribution is 2.12. The van der Waals surface area contributed by atoms with Crippen molar-refractivity contribution in [1.29, 1.82) is 0 Å². The molecule has 0 bridgehead atoms. The Bertz CT molecular complexity index is 567. The number of ether oxygens (including phenoxy) is 3. The topological polar surface area (TPSA) is 73.9 Å². The van der Waals surface area contributed by atoms with Gasteiger partial charge in [-0.1, -0.05) is 12.1 Å². The van der Waals surface area contributed by atoms with Crippen LogP contribution < -0.4 is 5.32 Å². The van der Waals surface area contributed by atoms with E-state index in [1.54, 1.807) is 6.07 Å². The lowest BCUT2D eigenvalue weighted by Crippen LogP contribution is -2.31. The van der Waals surface area contributed by atoms with Crippen molar-refractivity contribution in [3.05, 3.63) is 41.9 Å². The van der Waals surface area contributed by atoms with Gasteiger partial charge in [0.1, 0.15) is 19.5 Å². The first-order chi connectivity index (χ1) is 10.1. The van der Waals surface area contributed by atoms with Gasteiger partial charge >= 0.3 is 5.97 Å². The van der Waals surface area contributed by atoms with E-state index in [0.717, 1.165) is 5.56 Å². The summed E-state index contributed by atoms with van der Waals surface area (Å²) in [7, 11) is 0. The maximum absolute atomic E-state index is 12.0. The Morgan fingerprint density at radius 2 is 2.14 bits per heavy atom. The molecule has 0 radical (unpaired) electrons. The van der Waals surface area contributed by atoms with Crippen molar-refractivity contribution in [2.75, 3.05) is 18.5 Å². The number of nitrogens with one attached hydrogen (secondary N) is 1. The summed E-state index contributed by atoms with van der Waals surface area (Å²) in [6.45, 7) is 4.09. The number of amides is 1. The van der Waals surface area contributed by atoms with Gasteiger partial charge in [-0.15, -0.1) is 0 Å². The fraction of sp³-hybridized carbons (Fsp3) is 0.333. The zero-order chi connectivity index (χ0) is 15.2. The molecule has 0 saturated carbocycles. The van der Waals surface area contributed by atoms with E-state index in [1.807, 2.05) is 25.1 Å². The standard InChI is InChI=1S/C15H17NO5/c1-10-4-3-5-12(8-10)16-14(17)11(2)21-15(18)13-9-19-6-7-20-13/h3-5,8-9,11H,6-7H2,1-2H3,(H,16,17). The fourth-order valence-corrected chi connectivity index (χ4v) is 1.71. The van der Waals surface area contributed by atoms with Crippen LogP contribution in [-0.4, -0.2) is 31.2 Å². The summed E-state index contributed by atoms with van der Waals surface area (Å²) in [6.07, 6.45) is 0.251. The van der Waals surface area contributed by atoms with E-state index in [1.165, 1.54) is 13.2 Å². The predicted molar refractivity (Wildman–Crippen MR) is 75.3 cm³/mol. The number of anilines is 1. The monoisotopic (exact) mass is 291 g/mol. The van der Waals surface area contributed by atoms with Crippen LogP contribution in [0.3, 0.4) is 0 Å². The Balaban J connectivity index is 1.90. The second-order valence-electron chi connectivity index (χ2n) is 4.61. The van der Waals surface area contributed by atoms with E-state index in [2.05, 4.69) is 5.32 Å². The predicted octanol–water partition coefficient (Wildman–Crippen LogP) is 1.75. The molecule has 1 atom stereocenters. The van der Waals surface area contributed by atoms with Crippen molar-refractivity contribution in [2.45, 2.75) is 20.0 Å². The first kappa shape index (κ1) is 14.9. The summed E-state index contributed by atoms with van der Waals surface area (Å²) in [4.78, 5) is 23.7. The molecule has 1 heterocycles. The number of rotatable bonds is 4. The van der Waals surface area contributed by atoms with Gasteiger partial charge in [0, 0.05) is 5.69 Å². The minimum atomic E-state index is -0.940. The number of hydrogen-bond acceptors (Lipinski definition) is 5. The van der Waals surface area contributed by atoms with Crippen LogP contribution in [0.1, 0.15) is 12.5 Å². The molecule has 0 aromatic heterocycles. The van der Waals surface area contributed by atoms with E-state index >= 15 is 0 Å². The van der Waals surface area contributed by atoms with Crippen molar-refractivity contribution in [3.8, 4) is 0 Å². The fourth-order valence-electron chi connectivity index (χ4n) is 1.71. The number of esters is 1. The lowest BCUT2D eigenvalue weighted by atomic mass is 10.2. The molecule has 21 heavy (non-hydrogen) atoms. The maximum Gasteiger partial charge on any atom is 0.377 e. The molecule has 112 valence electrons. The number of aryl methyl sites for hydroxylation is 1. The molecule has 1 N–H and O–H groups in total. The van der Waals surface area contributed by atoms with Gasteiger partial charge in [-0.2, -0.15) is 0 Å². The molecule has 1 unspecified atom stereocenters. The highest BCUT2D eigenvalue weighted by atomic mass is 16.6. The number of carbonyl (C=O) groups is 2. The Morgan fingerprint density at radius 1 is 1.33 bits per heavy atom. The van der Waals surface area contributed by atoms with Gasteiger partial charge in [0.15, 0.2) is 6.10 Å². The SMILES string of the molecule is Cc1cccc(NC(=O)C(C)OC(=O)C2=COCCO2)c1. The quantitative estimate of drug-likeness (QED) is 0.856. The van der Waals surface area contributed by atoms with Gasteiger partial charge in [-0.25, -0.2) is 4.79 Å². The summed E-state index contributed by atoms with van der Waals surface area (Å²) in [5.74, 6) is -1.16. The Labute approximate surface area is 122 Å². The van der Waals surface area contributed by atoms with Gasteiger partial charge in [-0.05, 0) is 31.5 Å². The van der Waals surface area contributed by atoms with Crippen molar-refractivity contribution < 1.29 is 23.8 Å². The zero-order valence-electron chi connectivity index (χ0n) is 11.9. The second kappa shape index (κ2) is 6.78. The second-order valence-corrected chi connectivity index (χ2v) is 4.61. The average Bonchev–Trinajstić information content (AvgIpc) is 2.48. The third-order valence-electron chi connectivity index (χ3n) is 2.79. The minimum absolute atomic E-state index is 0.0311. The van der Waals surface area contributed by atoms with E-state index in [0.29, 0.717) is 12.3 Å². The van der Waals surface area contributed by atoms with E-state index in [9.17, 15) is 9.59 Å². The minimum Gasteiger partial charge on any atom is -0.493 e. The molecule has 0 aliphatic carbocycles. The van der Waals surface area contributed by atoms with Gasteiger partial charge in [0.2, 0.25) is 5.76 Å². The molecule has 6 heteroatoms. The van der Waals surface area contributed by atoms with E-state index in [-0.39, 0.29) is 12.4 Å². The first-order valence-corrected chi connectivity index (χ1v) is 6.59. The Kier molecular flexibility index (Phi) is 4.81. The zero-order valence-corrected chi connectivity index (χ0v) is 11.9. The molecule has 0 saturated heterocycles. The normalized spacial score (nSPS) is 15.0. The molecular formula is C15H17NO5. The average molecular weight is 291 g/mol. The van der Waals surface area contributed by atoms with Gasteiger partial charge in [-0.3, -0.25) is 4.79 Å². The molecule has 1 aliphatic heterocycles. The van der Waals surface area contributed by atoms with E-state index < -0.39 is 18.0 Å². The summed E-state index contributed by atoms with van der Waals surface area (Å²) < 4.78 is 15.1. The molecule has 1 amide bonds. The van der Waals surface area contributed by atoms with Crippen LogP contribution in [0.25, 0.3) is 0 Å². The van der Waals surface area contributed by atoms with Crippen LogP contribution in [0.15, 0.2) is 36.3 Å². The van der Waals surface area contributed by atoms with Crippen molar-refractivity contribution >= 4 is 17.6 Å². The van der Waals surface area contributed by atoms with Crippen molar-refractivity contribution in [2.24, 2.45) is 0 Å². The summed E-state index contributed by atoms with van der Waals surface area (Å²) in [5, 5.41) is 2.68. The van der Waals surface area contributed by atoms with E-state index in [4.69, 9.17) is 14.2 Å². The number of benzene rings is 1. The number of hydrogen-bond donors (Lipinski definition) is 1. The van der Waals surface area contributed by atoms with Crippen LogP contribution in [-0.2, 0) is 23.8 Å². The maximum atomic E-state index is 12.0. The number of carbonyl (C=O) groups excluding carboxylic acids is 2. The smallest absolute Gasteiger partial charge is 0.377 e. The van der Waals surface area contributed by atoms with Crippen LogP contribution >= 0.6 is 0 Å². The highest BCUT2D eigenvalue weighted by molar-refractivity contribution is 5.96. The van der Waals surface area contributed by atoms with Gasteiger partial charge in [0.25, 0.3) is 5.91 Å². The van der Waals surface area contributed by atoms with Crippen LogP contribution in [0.2, 0.25) is 0 Å². The third kappa shape index (κ3) is 4.24. The highest BCUT2D eigenvalue weighted by Gasteiger charge is 2.23. The molecule has 1 aromatic carbocycles. The van der Waals surface area contributed by atoms with Crippen molar-refractivity contribution in [1.82, 2.24) is 0 Å². The van der Waals surface area contributed by atoms with Crippen molar-refractivity contribution in [3.63, 3.8) is 0 Å². The Hall–Kier alpha value is -2.50. The molecular weight excluding hydrogens is 274 g/mol. The summed E-state index contributed by atoms with van der Waals surface area (Å²) >= 11 is 0. The van der Waals surface area contributed by atoms with Crippen LogP contribution in [0.5, 0.6) is 0 Å². The molecule has 6 nitrogen and oxygen atoms in total. The molecule has 0 spiro atoms. The first-order valence-electron chi connectivity index (χ1n) is 6.59. The van der Waals surface area contributed by atoms with Crippen LogP contribution in [0.4, 0.5) is 5.69 Å².